The summed E-state index contributed by atoms with van der Waals surface area (Å²) in [6.07, 6.45) is 13.2. The molecule has 1 atom stereocenters. The third kappa shape index (κ3) is 7.87. The van der Waals surface area contributed by atoms with Crippen LogP contribution in [0.15, 0.2) is 42.7 Å². The molecule has 14 nitrogen and oxygen atoms in total. The first-order valence-electron chi connectivity index (χ1n) is 21.2. The van der Waals surface area contributed by atoms with Crippen molar-refractivity contribution in [2.75, 3.05) is 37.6 Å². The summed E-state index contributed by atoms with van der Waals surface area (Å²) < 4.78 is 23.5. The van der Waals surface area contributed by atoms with Crippen LogP contribution in [0.3, 0.4) is 0 Å². The van der Waals surface area contributed by atoms with Gasteiger partial charge in [-0.2, -0.15) is 10.4 Å². The first kappa shape index (κ1) is 40.1. The van der Waals surface area contributed by atoms with Crippen molar-refractivity contribution in [3.05, 3.63) is 75.8 Å². The average molecular weight is 839 g/mol. The monoisotopic (exact) mass is 838 g/mol. The minimum absolute atomic E-state index is 0.0238. The fourth-order valence-corrected chi connectivity index (χ4v) is 10.5. The summed E-state index contributed by atoms with van der Waals surface area (Å²) >= 11 is 6.16. The molecule has 3 aromatic rings. The van der Waals surface area contributed by atoms with Crippen LogP contribution in [0, 0.1) is 28.5 Å². The van der Waals surface area contributed by atoms with Gasteiger partial charge in [0.25, 0.3) is 17.7 Å². The van der Waals surface area contributed by atoms with Crippen molar-refractivity contribution in [3.63, 3.8) is 0 Å². The van der Waals surface area contributed by atoms with E-state index < -0.39 is 35.5 Å². The first-order chi connectivity index (χ1) is 29.0. The number of halogens is 2. The van der Waals surface area contributed by atoms with Crippen molar-refractivity contribution in [1.29, 1.82) is 5.26 Å². The van der Waals surface area contributed by atoms with Gasteiger partial charge in [-0.3, -0.25) is 38.9 Å². The maximum absolute atomic E-state index is 15.4. The van der Waals surface area contributed by atoms with Gasteiger partial charge in [-0.1, -0.05) is 11.6 Å². The average Bonchev–Trinajstić information content (AvgIpc) is 3.81. The van der Waals surface area contributed by atoms with Crippen molar-refractivity contribution < 1.29 is 33.1 Å². The number of carbonyl (C=O) groups excluding carboxylic acids is 5. The van der Waals surface area contributed by atoms with E-state index in [-0.39, 0.29) is 53.5 Å². The number of nitriles is 1. The first-order valence-corrected chi connectivity index (χ1v) is 21.6. The highest BCUT2D eigenvalue weighted by molar-refractivity contribution is 6.31. The Balaban J connectivity index is 0.696. The van der Waals surface area contributed by atoms with E-state index in [9.17, 15) is 24.0 Å². The Labute approximate surface area is 352 Å². The minimum atomic E-state index is -1.09. The highest BCUT2D eigenvalue weighted by Gasteiger charge is 2.48. The smallest absolute Gasteiger partial charge is 0.262 e. The summed E-state index contributed by atoms with van der Waals surface area (Å²) in [5.74, 6) is -1.90. The molecule has 2 aliphatic carbocycles. The lowest BCUT2D eigenvalue weighted by Crippen LogP contribution is -2.61. The molecule has 5 amide bonds. The van der Waals surface area contributed by atoms with E-state index in [1.54, 1.807) is 24.4 Å². The van der Waals surface area contributed by atoms with E-state index in [4.69, 9.17) is 21.6 Å². The summed E-state index contributed by atoms with van der Waals surface area (Å²) in [7, 11) is 0. The summed E-state index contributed by atoms with van der Waals surface area (Å²) in [5, 5.41) is 19.5. The number of rotatable bonds is 9. The predicted octanol–water partition coefficient (Wildman–Crippen LogP) is 5.40. The molecule has 5 heterocycles. The van der Waals surface area contributed by atoms with E-state index in [1.165, 1.54) is 6.07 Å². The fraction of sp³-hybridized carbons (Fsp3) is 0.523. The number of hydrogen-bond donors (Lipinski definition) is 2. The van der Waals surface area contributed by atoms with E-state index in [2.05, 4.69) is 26.7 Å². The molecule has 6 aliphatic rings. The van der Waals surface area contributed by atoms with Gasteiger partial charge in [0.2, 0.25) is 11.8 Å². The van der Waals surface area contributed by atoms with Gasteiger partial charge in [-0.05, 0) is 114 Å². The Morgan fingerprint density at radius 1 is 0.967 bits per heavy atom. The number of fused-ring (bicyclic) bond motifs is 1. The molecule has 1 spiro atoms. The van der Waals surface area contributed by atoms with Crippen LogP contribution in [0.1, 0.15) is 120 Å². The number of likely N-dealkylation sites (tertiary alicyclic amines) is 1. The molecule has 9 rings (SSSR count). The third-order valence-corrected chi connectivity index (χ3v) is 14.1. The van der Waals surface area contributed by atoms with Gasteiger partial charge in [0, 0.05) is 49.8 Å². The molecule has 1 unspecified atom stereocenters. The van der Waals surface area contributed by atoms with E-state index in [1.807, 2.05) is 15.8 Å². The number of anilines is 1. The van der Waals surface area contributed by atoms with E-state index >= 15 is 4.39 Å². The number of nitrogens with one attached hydrogen (secondary N) is 2. The molecule has 4 aliphatic heterocycles. The predicted molar refractivity (Wildman–Crippen MR) is 217 cm³/mol. The Morgan fingerprint density at radius 2 is 1.68 bits per heavy atom. The van der Waals surface area contributed by atoms with Crippen molar-refractivity contribution >= 4 is 46.8 Å². The molecule has 3 saturated heterocycles. The lowest BCUT2D eigenvalue weighted by molar-refractivity contribution is -0.136. The van der Waals surface area contributed by atoms with Crippen LogP contribution in [-0.2, 0) is 9.59 Å². The second-order valence-corrected chi connectivity index (χ2v) is 18.1. The highest BCUT2D eigenvalue weighted by atomic mass is 35.5. The normalized spacial score (nSPS) is 26.6. The van der Waals surface area contributed by atoms with Gasteiger partial charge in [-0.25, -0.2) is 4.39 Å². The molecule has 0 radical (unpaired) electrons. The van der Waals surface area contributed by atoms with Crippen LogP contribution < -0.4 is 20.3 Å². The number of piperidine rings is 2. The second kappa shape index (κ2) is 16.3. The Kier molecular flexibility index (Phi) is 10.9. The standard InChI is InChI=1S/C44H48ClFN8O6/c45-35-17-32(8-3-27(35)20-47)60-31-9-4-29(5-10-31)49-40(56)28-21-48-53(23-28)30-6-1-26(2-7-30)22-51-15-13-44(14-16-51)24-52(25-44)38-19-34-33(18-36(38)46)42(58)54(43(34)59)37-11-12-39(55)50-41(37)57/h3,8,17-19,21,23,26,29-31,37H,1-2,4-7,9-16,22,24-25H2,(H,49,56)(H,50,55,57). The van der Waals surface area contributed by atoms with Gasteiger partial charge in [0.1, 0.15) is 23.7 Å². The lowest BCUT2D eigenvalue weighted by Gasteiger charge is -2.55. The Morgan fingerprint density at radius 3 is 2.37 bits per heavy atom. The van der Waals surface area contributed by atoms with Crippen LogP contribution in [0.5, 0.6) is 5.75 Å². The quantitative estimate of drug-likeness (QED) is 0.266. The van der Waals surface area contributed by atoms with Gasteiger partial charge >= 0.3 is 0 Å². The van der Waals surface area contributed by atoms with Crippen LogP contribution >= 0.6 is 11.6 Å². The van der Waals surface area contributed by atoms with Gasteiger partial charge in [-0.15, -0.1) is 0 Å². The SMILES string of the molecule is N#Cc1ccc(OC2CCC(NC(=O)c3cnn(C4CCC(CN5CCC6(CC5)CN(c5cc7c(cc5F)C(=O)N(C5CCC(=O)NC5=O)C7=O)C6)CC4)c3)CC2)cc1Cl. The molecule has 5 fully saturated rings. The molecule has 16 heteroatoms. The largest absolute Gasteiger partial charge is 0.490 e. The van der Waals surface area contributed by atoms with Crippen LogP contribution in [0.2, 0.25) is 5.02 Å². The Hall–Kier alpha value is -5.33. The molecule has 2 aromatic carbocycles. The third-order valence-electron chi connectivity index (χ3n) is 13.8. The maximum atomic E-state index is 15.4. The number of nitrogens with zero attached hydrogens (tertiary/aromatic N) is 6. The summed E-state index contributed by atoms with van der Waals surface area (Å²) in [6.45, 7) is 4.36. The lowest BCUT2D eigenvalue weighted by atomic mass is 9.71. The van der Waals surface area contributed by atoms with E-state index in [0.717, 1.165) is 94.8 Å². The molecular formula is C44H48ClFN8O6. The highest BCUT2D eigenvalue weighted by Crippen LogP contribution is 2.45. The van der Waals surface area contributed by atoms with Gasteiger partial charge < -0.3 is 19.9 Å². The molecule has 0 bridgehead atoms. The summed E-state index contributed by atoms with van der Waals surface area (Å²) in [6, 6.07) is 8.99. The zero-order valence-corrected chi connectivity index (χ0v) is 34.1. The summed E-state index contributed by atoms with van der Waals surface area (Å²) in [5.41, 5.74) is 1.42. The molecule has 60 heavy (non-hydrogen) atoms. The molecular weight excluding hydrogens is 791 g/mol. The zero-order chi connectivity index (χ0) is 41.7. The van der Waals surface area contributed by atoms with E-state index in [0.29, 0.717) is 46.6 Å². The molecule has 2 saturated carbocycles. The fourth-order valence-electron chi connectivity index (χ4n) is 10.2. The number of carbonyl (C=O) groups is 5. The number of hydrogen-bond acceptors (Lipinski definition) is 10. The maximum Gasteiger partial charge on any atom is 0.262 e. The number of amides is 5. The zero-order valence-electron chi connectivity index (χ0n) is 33.3. The minimum Gasteiger partial charge on any atom is -0.490 e. The number of imide groups is 2. The number of benzene rings is 2. The van der Waals surface area contributed by atoms with Crippen molar-refractivity contribution in [3.8, 4) is 11.8 Å². The van der Waals surface area contributed by atoms with Crippen LogP contribution in [0.25, 0.3) is 0 Å². The Bertz CT molecular complexity index is 2260. The van der Waals surface area contributed by atoms with Crippen molar-refractivity contribution in [2.24, 2.45) is 11.3 Å². The molecule has 1 aromatic heterocycles. The molecule has 2 N–H and O–H groups in total. The van der Waals surface area contributed by atoms with Crippen molar-refractivity contribution in [1.82, 2.24) is 30.2 Å². The number of aromatic nitrogens is 2. The topological polar surface area (TPSA) is 170 Å². The van der Waals surface area contributed by atoms with Crippen LogP contribution in [-0.4, -0.2) is 100 Å². The second-order valence-electron chi connectivity index (χ2n) is 17.7. The molecule has 314 valence electrons. The van der Waals surface area contributed by atoms with Gasteiger partial charge in [0.15, 0.2) is 0 Å². The number of ether oxygens (including phenoxy) is 1. The summed E-state index contributed by atoms with van der Waals surface area (Å²) in [4.78, 5) is 69.0. The van der Waals surface area contributed by atoms with Crippen molar-refractivity contribution in [2.45, 2.75) is 101 Å². The van der Waals surface area contributed by atoms with Gasteiger partial charge in [0.05, 0.1) is 51.3 Å². The van der Waals surface area contributed by atoms with Crippen LogP contribution in [0.4, 0.5) is 10.1 Å².